The van der Waals surface area contributed by atoms with E-state index in [1.807, 2.05) is 13.1 Å². The number of nitrogens with zero attached hydrogens (tertiary/aromatic N) is 1. The summed E-state index contributed by atoms with van der Waals surface area (Å²) in [5.74, 6) is -0.263. The predicted octanol–water partition coefficient (Wildman–Crippen LogP) is 3.20. The number of fused-ring (bicyclic) bond motifs is 2. The predicted molar refractivity (Wildman–Crippen MR) is 72.8 cm³/mol. The van der Waals surface area contributed by atoms with Gasteiger partial charge in [0, 0.05) is 18.1 Å². The average molecular weight is 269 g/mol. The van der Waals surface area contributed by atoms with Crippen LogP contribution in [0.1, 0.15) is 25.7 Å². The second-order valence-corrected chi connectivity index (χ2v) is 5.75. The first-order chi connectivity index (χ1) is 8.69. The van der Waals surface area contributed by atoms with Crippen molar-refractivity contribution in [2.75, 3.05) is 11.9 Å². The van der Waals surface area contributed by atoms with E-state index in [1.54, 1.807) is 0 Å². The van der Waals surface area contributed by atoms with Crippen molar-refractivity contribution < 1.29 is 4.39 Å². The molecule has 2 nitrogen and oxygen atoms in total. The van der Waals surface area contributed by atoms with Crippen LogP contribution in [0.3, 0.4) is 0 Å². The lowest BCUT2D eigenvalue weighted by Crippen LogP contribution is -2.48. The zero-order valence-corrected chi connectivity index (χ0v) is 11.3. The van der Waals surface area contributed by atoms with E-state index in [2.05, 4.69) is 10.2 Å². The normalized spacial score (nSPS) is 30.8. The quantitative estimate of drug-likeness (QED) is 0.886. The molecule has 98 valence electrons. The molecule has 0 aromatic heterocycles. The maximum atomic E-state index is 13.1. The van der Waals surface area contributed by atoms with Crippen molar-refractivity contribution in [2.24, 2.45) is 0 Å². The van der Waals surface area contributed by atoms with Gasteiger partial charge in [-0.1, -0.05) is 11.6 Å². The van der Waals surface area contributed by atoms with E-state index in [-0.39, 0.29) is 5.82 Å². The van der Waals surface area contributed by atoms with Gasteiger partial charge in [0.25, 0.3) is 0 Å². The first-order valence-electron chi connectivity index (χ1n) is 6.59. The van der Waals surface area contributed by atoms with E-state index in [0.29, 0.717) is 23.1 Å². The van der Waals surface area contributed by atoms with Gasteiger partial charge in [-0.2, -0.15) is 0 Å². The highest BCUT2D eigenvalue weighted by molar-refractivity contribution is 6.33. The van der Waals surface area contributed by atoms with Crippen molar-refractivity contribution in [1.29, 1.82) is 0 Å². The SMILES string of the molecule is CNC1CC2CCC(C1)N2c1ccc(F)cc1Cl. The lowest BCUT2D eigenvalue weighted by atomic mass is 9.96. The van der Waals surface area contributed by atoms with Gasteiger partial charge >= 0.3 is 0 Å². The summed E-state index contributed by atoms with van der Waals surface area (Å²) in [6.45, 7) is 0. The molecule has 0 radical (unpaired) electrons. The van der Waals surface area contributed by atoms with Gasteiger partial charge in [0.2, 0.25) is 0 Å². The molecule has 0 aliphatic carbocycles. The summed E-state index contributed by atoms with van der Waals surface area (Å²) in [6.07, 6.45) is 4.74. The molecule has 18 heavy (non-hydrogen) atoms. The Bertz CT molecular complexity index is 437. The van der Waals surface area contributed by atoms with Crippen molar-refractivity contribution in [3.8, 4) is 0 Å². The molecule has 1 aromatic carbocycles. The third kappa shape index (κ3) is 1.99. The molecule has 2 aliphatic heterocycles. The van der Waals surface area contributed by atoms with Gasteiger partial charge < -0.3 is 10.2 Å². The molecule has 2 heterocycles. The molecule has 2 atom stereocenters. The highest BCUT2D eigenvalue weighted by Crippen LogP contribution is 2.41. The molecule has 2 bridgehead atoms. The fourth-order valence-electron chi connectivity index (χ4n) is 3.50. The Labute approximate surface area is 112 Å². The summed E-state index contributed by atoms with van der Waals surface area (Å²) in [4.78, 5) is 2.41. The number of hydrogen-bond acceptors (Lipinski definition) is 2. The van der Waals surface area contributed by atoms with Crippen molar-refractivity contribution in [3.63, 3.8) is 0 Å². The number of hydrogen-bond donors (Lipinski definition) is 1. The van der Waals surface area contributed by atoms with Gasteiger partial charge in [0.1, 0.15) is 5.82 Å². The van der Waals surface area contributed by atoms with Crippen LogP contribution in [-0.4, -0.2) is 25.2 Å². The van der Waals surface area contributed by atoms with Crippen LogP contribution in [0.15, 0.2) is 18.2 Å². The van der Waals surface area contributed by atoms with Gasteiger partial charge in [-0.15, -0.1) is 0 Å². The molecule has 0 spiro atoms. The second kappa shape index (κ2) is 4.71. The Morgan fingerprint density at radius 3 is 2.50 bits per heavy atom. The number of rotatable bonds is 2. The average Bonchev–Trinajstić information content (AvgIpc) is 2.60. The summed E-state index contributed by atoms with van der Waals surface area (Å²) >= 11 is 6.19. The number of anilines is 1. The van der Waals surface area contributed by atoms with Crippen LogP contribution in [0.25, 0.3) is 0 Å². The third-order valence-electron chi connectivity index (χ3n) is 4.33. The van der Waals surface area contributed by atoms with E-state index >= 15 is 0 Å². The zero-order chi connectivity index (χ0) is 12.7. The lowest BCUT2D eigenvalue weighted by Gasteiger charge is -2.41. The number of benzene rings is 1. The van der Waals surface area contributed by atoms with Crippen molar-refractivity contribution in [1.82, 2.24) is 5.32 Å². The Morgan fingerprint density at radius 1 is 1.28 bits per heavy atom. The lowest BCUT2D eigenvalue weighted by molar-refractivity contribution is 0.374. The molecule has 2 saturated heterocycles. The highest BCUT2D eigenvalue weighted by Gasteiger charge is 2.40. The number of piperidine rings is 1. The molecule has 1 aromatic rings. The zero-order valence-electron chi connectivity index (χ0n) is 10.5. The molecule has 4 heteroatoms. The Balaban J connectivity index is 1.89. The molecular weight excluding hydrogens is 251 g/mol. The Hall–Kier alpha value is -0.800. The number of nitrogens with one attached hydrogen (secondary N) is 1. The minimum Gasteiger partial charge on any atom is -0.364 e. The van der Waals surface area contributed by atoms with Crippen LogP contribution in [-0.2, 0) is 0 Å². The van der Waals surface area contributed by atoms with E-state index < -0.39 is 0 Å². The van der Waals surface area contributed by atoms with E-state index in [9.17, 15) is 4.39 Å². The van der Waals surface area contributed by atoms with Gasteiger partial charge in [-0.3, -0.25) is 0 Å². The molecule has 3 rings (SSSR count). The number of halogens is 2. The Kier molecular flexibility index (Phi) is 3.20. The molecule has 1 N–H and O–H groups in total. The molecule has 2 fully saturated rings. The van der Waals surface area contributed by atoms with Crippen LogP contribution in [0.4, 0.5) is 10.1 Å². The van der Waals surface area contributed by atoms with Gasteiger partial charge in [0.05, 0.1) is 10.7 Å². The monoisotopic (exact) mass is 268 g/mol. The largest absolute Gasteiger partial charge is 0.364 e. The molecule has 2 aliphatic rings. The maximum Gasteiger partial charge on any atom is 0.124 e. The molecule has 0 saturated carbocycles. The summed E-state index contributed by atoms with van der Waals surface area (Å²) in [6, 6.07) is 6.44. The van der Waals surface area contributed by atoms with Crippen molar-refractivity contribution >= 4 is 17.3 Å². The summed E-state index contributed by atoms with van der Waals surface area (Å²) < 4.78 is 13.1. The minimum absolute atomic E-state index is 0.263. The molecule has 2 unspecified atom stereocenters. The standard InChI is InChI=1S/C14H18ClFN2/c1-17-10-7-11-3-4-12(8-10)18(11)14-5-2-9(16)6-13(14)15/h2,5-6,10-12,17H,3-4,7-8H2,1H3. The summed E-state index contributed by atoms with van der Waals surface area (Å²) in [7, 11) is 2.03. The minimum atomic E-state index is -0.263. The summed E-state index contributed by atoms with van der Waals surface area (Å²) in [5.41, 5.74) is 1.00. The second-order valence-electron chi connectivity index (χ2n) is 5.35. The van der Waals surface area contributed by atoms with Crippen LogP contribution in [0, 0.1) is 5.82 Å². The van der Waals surface area contributed by atoms with E-state index in [1.165, 1.54) is 25.0 Å². The topological polar surface area (TPSA) is 15.3 Å². The third-order valence-corrected chi connectivity index (χ3v) is 4.63. The fraction of sp³-hybridized carbons (Fsp3) is 0.571. The van der Waals surface area contributed by atoms with Gasteiger partial charge in [-0.05, 0) is 50.9 Å². The van der Waals surface area contributed by atoms with Gasteiger partial charge in [-0.25, -0.2) is 4.39 Å². The van der Waals surface area contributed by atoms with Crippen LogP contribution in [0.2, 0.25) is 5.02 Å². The van der Waals surface area contributed by atoms with Gasteiger partial charge in [0.15, 0.2) is 0 Å². The molecule has 0 amide bonds. The highest BCUT2D eigenvalue weighted by atomic mass is 35.5. The van der Waals surface area contributed by atoms with Crippen LogP contribution < -0.4 is 10.2 Å². The van der Waals surface area contributed by atoms with Crippen LogP contribution >= 0.6 is 11.6 Å². The summed E-state index contributed by atoms with van der Waals surface area (Å²) in [5, 5.41) is 3.92. The van der Waals surface area contributed by atoms with Crippen molar-refractivity contribution in [2.45, 2.75) is 43.8 Å². The first kappa shape index (κ1) is 12.2. The smallest absolute Gasteiger partial charge is 0.124 e. The van der Waals surface area contributed by atoms with E-state index in [0.717, 1.165) is 18.5 Å². The van der Waals surface area contributed by atoms with E-state index in [4.69, 9.17) is 11.6 Å². The van der Waals surface area contributed by atoms with Crippen molar-refractivity contribution in [3.05, 3.63) is 29.0 Å². The van der Waals surface area contributed by atoms with Crippen LogP contribution in [0.5, 0.6) is 0 Å². The Morgan fingerprint density at radius 2 is 1.94 bits per heavy atom. The fourth-order valence-corrected chi connectivity index (χ4v) is 3.76. The molecular formula is C14H18ClFN2. The first-order valence-corrected chi connectivity index (χ1v) is 6.97. The maximum absolute atomic E-state index is 13.1.